The van der Waals surface area contributed by atoms with Crippen molar-refractivity contribution in [2.45, 2.75) is 0 Å². The molecule has 0 spiro atoms. The summed E-state index contributed by atoms with van der Waals surface area (Å²) in [5.41, 5.74) is 4.39. The van der Waals surface area contributed by atoms with Crippen LogP contribution in [-0.4, -0.2) is 4.98 Å². The van der Waals surface area contributed by atoms with Crippen LogP contribution in [0.1, 0.15) is 0 Å². The molecule has 0 amide bonds. The van der Waals surface area contributed by atoms with E-state index < -0.39 is 0 Å². The third-order valence-corrected chi connectivity index (χ3v) is 3.93. The van der Waals surface area contributed by atoms with Gasteiger partial charge in [0, 0.05) is 15.8 Å². The van der Waals surface area contributed by atoms with Gasteiger partial charge < -0.3 is 5.43 Å². The maximum atomic E-state index is 6.13. The summed E-state index contributed by atoms with van der Waals surface area (Å²) in [5.74, 6) is 6.18. The molecule has 1 aromatic carbocycles. The number of nitrogens with two attached hydrogens (primary N) is 1. The van der Waals surface area contributed by atoms with Crippen LogP contribution in [0.5, 0.6) is 0 Å². The van der Waals surface area contributed by atoms with Crippen LogP contribution in [0.25, 0.3) is 21.3 Å². The third kappa shape index (κ3) is 1.84. The minimum Gasteiger partial charge on any atom is -0.308 e. The Morgan fingerprint density at radius 1 is 1.22 bits per heavy atom. The number of nitrogen functional groups attached to an aromatic ring is 1. The monoisotopic (exact) mass is 275 g/mol. The van der Waals surface area contributed by atoms with Crippen LogP contribution in [0, 0.1) is 0 Å². The molecule has 3 rings (SSSR count). The number of aromatic nitrogens is 1. The fourth-order valence-corrected chi connectivity index (χ4v) is 2.86. The normalized spacial score (nSPS) is 10.8. The first kappa shape index (κ1) is 11.5. The Morgan fingerprint density at radius 2 is 2.11 bits per heavy atom. The van der Waals surface area contributed by atoms with Crippen LogP contribution in [0.3, 0.4) is 0 Å². The summed E-state index contributed by atoms with van der Waals surface area (Å²) in [5, 5.41) is 3.66. The topological polar surface area (TPSA) is 50.9 Å². The average molecular weight is 276 g/mol. The van der Waals surface area contributed by atoms with E-state index in [-0.39, 0.29) is 0 Å². The van der Waals surface area contributed by atoms with Crippen molar-refractivity contribution in [2.24, 2.45) is 5.84 Å². The van der Waals surface area contributed by atoms with Gasteiger partial charge in [0.05, 0.1) is 10.5 Å². The van der Waals surface area contributed by atoms with Crippen molar-refractivity contribution >= 4 is 39.7 Å². The lowest BCUT2D eigenvalue weighted by molar-refractivity contribution is 1.27. The number of halogens is 1. The predicted molar refractivity (Wildman–Crippen MR) is 77.9 cm³/mol. The molecule has 3 aromatic rings. The van der Waals surface area contributed by atoms with Crippen LogP contribution >= 0.6 is 22.9 Å². The average Bonchev–Trinajstić information content (AvgIpc) is 2.91. The second-order valence-corrected chi connectivity index (χ2v) is 5.17. The van der Waals surface area contributed by atoms with Gasteiger partial charge in [-0.2, -0.15) is 0 Å². The molecule has 0 atom stereocenters. The molecule has 0 saturated heterocycles. The Kier molecular flexibility index (Phi) is 2.91. The smallest absolute Gasteiger partial charge is 0.149 e. The fraction of sp³-hybridized carbons (Fsp3) is 0. The zero-order valence-corrected chi connectivity index (χ0v) is 10.9. The van der Waals surface area contributed by atoms with Gasteiger partial charge in [0.1, 0.15) is 5.82 Å². The first-order chi connectivity index (χ1) is 8.79. The van der Waals surface area contributed by atoms with Crippen LogP contribution in [-0.2, 0) is 0 Å². The summed E-state index contributed by atoms with van der Waals surface area (Å²) in [7, 11) is 0. The maximum Gasteiger partial charge on any atom is 0.149 e. The Bertz CT molecular complexity index is 695. The highest BCUT2D eigenvalue weighted by Crippen LogP contribution is 2.34. The molecule has 0 fully saturated rings. The number of anilines is 1. The molecular weight excluding hydrogens is 266 g/mol. The number of para-hydroxylation sites is 1. The largest absolute Gasteiger partial charge is 0.308 e. The molecule has 0 bridgehead atoms. The first-order valence-electron chi connectivity index (χ1n) is 5.39. The van der Waals surface area contributed by atoms with Gasteiger partial charge in [0.15, 0.2) is 0 Å². The lowest BCUT2D eigenvalue weighted by Crippen LogP contribution is -2.09. The van der Waals surface area contributed by atoms with Crippen molar-refractivity contribution in [3.63, 3.8) is 0 Å². The van der Waals surface area contributed by atoms with Gasteiger partial charge in [-0.3, -0.25) is 0 Å². The van der Waals surface area contributed by atoms with E-state index in [9.17, 15) is 0 Å². The molecule has 90 valence electrons. The second-order valence-electron chi connectivity index (χ2n) is 3.82. The lowest BCUT2D eigenvalue weighted by atomic mass is 10.1. The molecule has 2 heterocycles. The highest BCUT2D eigenvalue weighted by Gasteiger charge is 2.10. The number of rotatable bonds is 2. The van der Waals surface area contributed by atoms with Crippen molar-refractivity contribution in [3.8, 4) is 10.4 Å². The summed E-state index contributed by atoms with van der Waals surface area (Å²) >= 11 is 7.78. The molecule has 5 heteroatoms. The van der Waals surface area contributed by atoms with Gasteiger partial charge in [0.25, 0.3) is 0 Å². The van der Waals surface area contributed by atoms with E-state index in [1.807, 2.05) is 35.7 Å². The number of pyridine rings is 1. The Labute approximate surface area is 113 Å². The van der Waals surface area contributed by atoms with E-state index in [0.717, 1.165) is 21.3 Å². The van der Waals surface area contributed by atoms with Gasteiger partial charge in [-0.25, -0.2) is 10.8 Å². The molecule has 0 aliphatic carbocycles. The lowest BCUT2D eigenvalue weighted by Gasteiger charge is -2.09. The van der Waals surface area contributed by atoms with Crippen molar-refractivity contribution in [1.82, 2.24) is 4.98 Å². The van der Waals surface area contributed by atoms with Crippen LogP contribution in [0.2, 0.25) is 5.02 Å². The Hall–Kier alpha value is -1.62. The molecule has 0 saturated carbocycles. The first-order valence-corrected chi connectivity index (χ1v) is 6.65. The van der Waals surface area contributed by atoms with Crippen molar-refractivity contribution in [1.29, 1.82) is 0 Å². The number of hydrogen-bond acceptors (Lipinski definition) is 4. The Balaban J connectivity index is 2.32. The van der Waals surface area contributed by atoms with Crippen molar-refractivity contribution < 1.29 is 0 Å². The molecule has 0 unspecified atom stereocenters. The van der Waals surface area contributed by atoms with E-state index in [4.69, 9.17) is 17.4 Å². The quantitative estimate of drug-likeness (QED) is 0.551. The molecule has 0 aliphatic heterocycles. The van der Waals surface area contributed by atoms with Crippen LogP contribution in [0.15, 0.2) is 41.8 Å². The van der Waals surface area contributed by atoms with E-state index in [1.54, 1.807) is 11.3 Å². The number of benzene rings is 1. The minimum atomic E-state index is 0.627. The summed E-state index contributed by atoms with van der Waals surface area (Å²) in [6.45, 7) is 0. The number of fused-ring (bicyclic) bond motifs is 1. The molecule has 0 radical (unpaired) electrons. The standard InChI is InChI=1S/C13H10ClN3S/c14-10-4-1-3-8-7-9(11-5-2-6-18-11)13(17-15)16-12(8)10/h1-7H,15H2,(H,16,17). The molecule has 3 N–H and O–H groups in total. The zero-order chi connectivity index (χ0) is 12.5. The van der Waals surface area contributed by atoms with E-state index in [1.165, 1.54) is 0 Å². The maximum absolute atomic E-state index is 6.13. The summed E-state index contributed by atoms with van der Waals surface area (Å²) in [6.07, 6.45) is 0. The third-order valence-electron chi connectivity index (χ3n) is 2.72. The van der Waals surface area contributed by atoms with Crippen molar-refractivity contribution in [2.75, 3.05) is 5.43 Å². The highest BCUT2D eigenvalue weighted by atomic mass is 35.5. The molecule has 3 nitrogen and oxygen atoms in total. The van der Waals surface area contributed by atoms with Gasteiger partial charge >= 0.3 is 0 Å². The van der Waals surface area contributed by atoms with Gasteiger partial charge in [-0.1, -0.05) is 29.8 Å². The van der Waals surface area contributed by atoms with E-state index >= 15 is 0 Å². The summed E-state index contributed by atoms with van der Waals surface area (Å²) in [6, 6.07) is 11.8. The van der Waals surface area contributed by atoms with E-state index in [0.29, 0.717) is 10.8 Å². The summed E-state index contributed by atoms with van der Waals surface area (Å²) in [4.78, 5) is 5.61. The number of thiophene rings is 1. The second kappa shape index (κ2) is 4.57. The van der Waals surface area contributed by atoms with Gasteiger partial charge in [-0.05, 0) is 23.6 Å². The summed E-state index contributed by atoms with van der Waals surface area (Å²) < 4.78 is 0. The molecule has 18 heavy (non-hydrogen) atoms. The van der Waals surface area contributed by atoms with Gasteiger partial charge in [-0.15, -0.1) is 11.3 Å². The fourth-order valence-electron chi connectivity index (χ4n) is 1.89. The van der Waals surface area contributed by atoms with Crippen molar-refractivity contribution in [3.05, 3.63) is 46.8 Å². The van der Waals surface area contributed by atoms with E-state index in [2.05, 4.69) is 16.5 Å². The predicted octanol–water partition coefficient (Wildman–Crippen LogP) is 3.90. The number of nitrogens with one attached hydrogen (secondary N) is 1. The van der Waals surface area contributed by atoms with Gasteiger partial charge in [0.2, 0.25) is 0 Å². The number of hydrazine groups is 1. The number of nitrogens with zero attached hydrogens (tertiary/aromatic N) is 1. The van der Waals surface area contributed by atoms with Crippen LogP contribution in [0.4, 0.5) is 5.82 Å². The molecule has 2 aromatic heterocycles. The highest BCUT2D eigenvalue weighted by molar-refractivity contribution is 7.13. The zero-order valence-electron chi connectivity index (χ0n) is 9.35. The van der Waals surface area contributed by atoms with Crippen LogP contribution < -0.4 is 11.3 Å². The minimum absolute atomic E-state index is 0.627. The Morgan fingerprint density at radius 3 is 2.83 bits per heavy atom. The molecular formula is C13H10ClN3S. The SMILES string of the molecule is NNc1nc2c(Cl)cccc2cc1-c1cccs1. The molecule has 0 aliphatic rings. The number of hydrogen-bond donors (Lipinski definition) is 2.